The van der Waals surface area contributed by atoms with Gasteiger partial charge in [-0.15, -0.1) is 11.3 Å². The normalized spacial score (nSPS) is 14.7. The minimum atomic E-state index is 0.567. The number of morpholine rings is 1. The maximum atomic E-state index is 5.39. The SMILES string of the molecule is c1cc(NCCCN2CCOCC2)cc(Nc2nccc(-c3nccs3)n2)c1. The fourth-order valence-electron chi connectivity index (χ4n) is 3.08. The summed E-state index contributed by atoms with van der Waals surface area (Å²) in [5.74, 6) is 0.567. The topological polar surface area (TPSA) is 75.2 Å². The lowest BCUT2D eigenvalue weighted by Crippen LogP contribution is -2.37. The van der Waals surface area contributed by atoms with Gasteiger partial charge >= 0.3 is 0 Å². The summed E-state index contributed by atoms with van der Waals surface area (Å²) in [6, 6.07) is 10.1. The van der Waals surface area contributed by atoms with Crippen LogP contribution in [0.2, 0.25) is 0 Å². The van der Waals surface area contributed by atoms with E-state index in [9.17, 15) is 0 Å². The zero-order valence-corrected chi connectivity index (χ0v) is 16.5. The number of hydrogen-bond donors (Lipinski definition) is 2. The van der Waals surface area contributed by atoms with Crippen LogP contribution < -0.4 is 10.6 Å². The Morgan fingerprint density at radius 2 is 1.96 bits per heavy atom. The van der Waals surface area contributed by atoms with E-state index in [0.717, 1.165) is 67.9 Å². The number of nitrogens with one attached hydrogen (secondary N) is 2. The maximum absolute atomic E-state index is 5.39. The molecule has 0 spiro atoms. The fraction of sp³-hybridized carbons (Fsp3) is 0.350. The molecule has 146 valence electrons. The first kappa shape index (κ1) is 18.8. The van der Waals surface area contributed by atoms with Gasteiger partial charge in [0.2, 0.25) is 5.95 Å². The van der Waals surface area contributed by atoms with E-state index in [0.29, 0.717) is 5.95 Å². The summed E-state index contributed by atoms with van der Waals surface area (Å²) < 4.78 is 5.39. The molecule has 0 bridgehead atoms. The minimum absolute atomic E-state index is 0.567. The van der Waals surface area contributed by atoms with Crippen LogP contribution in [0, 0.1) is 0 Å². The van der Waals surface area contributed by atoms with Crippen LogP contribution in [0.1, 0.15) is 6.42 Å². The van der Waals surface area contributed by atoms with Crippen LogP contribution in [0.5, 0.6) is 0 Å². The summed E-state index contributed by atoms with van der Waals surface area (Å²) in [6.45, 7) is 5.83. The van der Waals surface area contributed by atoms with E-state index in [1.165, 1.54) is 0 Å². The van der Waals surface area contributed by atoms with Gasteiger partial charge in [-0.2, -0.15) is 0 Å². The maximum Gasteiger partial charge on any atom is 0.227 e. The van der Waals surface area contributed by atoms with Crippen LogP contribution in [0.4, 0.5) is 17.3 Å². The lowest BCUT2D eigenvalue weighted by molar-refractivity contribution is 0.0378. The van der Waals surface area contributed by atoms with Crippen molar-refractivity contribution in [1.82, 2.24) is 19.9 Å². The molecule has 28 heavy (non-hydrogen) atoms. The van der Waals surface area contributed by atoms with E-state index in [4.69, 9.17) is 4.74 Å². The largest absolute Gasteiger partial charge is 0.385 e. The highest BCUT2D eigenvalue weighted by molar-refractivity contribution is 7.13. The summed E-state index contributed by atoms with van der Waals surface area (Å²) in [6.07, 6.45) is 4.64. The monoisotopic (exact) mass is 396 g/mol. The molecule has 1 saturated heterocycles. The molecule has 1 aromatic carbocycles. The quantitative estimate of drug-likeness (QED) is 0.565. The summed E-state index contributed by atoms with van der Waals surface area (Å²) in [5.41, 5.74) is 2.86. The highest BCUT2D eigenvalue weighted by atomic mass is 32.1. The lowest BCUT2D eigenvalue weighted by atomic mass is 10.2. The van der Waals surface area contributed by atoms with Crippen molar-refractivity contribution in [3.05, 3.63) is 48.1 Å². The molecule has 3 heterocycles. The molecule has 1 fully saturated rings. The molecule has 3 aromatic rings. The van der Waals surface area contributed by atoms with Crippen molar-refractivity contribution in [2.24, 2.45) is 0 Å². The smallest absolute Gasteiger partial charge is 0.227 e. The Kier molecular flexibility index (Phi) is 6.44. The lowest BCUT2D eigenvalue weighted by Gasteiger charge is -2.26. The third kappa shape index (κ3) is 5.25. The van der Waals surface area contributed by atoms with Gasteiger partial charge < -0.3 is 15.4 Å². The first-order valence-corrected chi connectivity index (χ1v) is 10.4. The zero-order valence-electron chi connectivity index (χ0n) is 15.7. The van der Waals surface area contributed by atoms with Crippen LogP contribution in [0.25, 0.3) is 10.7 Å². The molecular weight excluding hydrogens is 372 g/mol. The second-order valence-electron chi connectivity index (χ2n) is 6.54. The Labute approximate surface area is 168 Å². The second-order valence-corrected chi connectivity index (χ2v) is 7.44. The van der Waals surface area contributed by atoms with Crippen molar-refractivity contribution in [2.45, 2.75) is 6.42 Å². The first-order chi connectivity index (χ1) is 13.9. The standard InChI is InChI=1S/C20H24N6OS/c1-3-16(21-6-2-9-26-10-12-27-13-11-26)15-17(4-1)24-20-23-7-5-18(25-20)19-22-8-14-28-19/h1,3-5,7-8,14-15,21H,2,6,9-13H2,(H,23,24,25). The van der Waals surface area contributed by atoms with E-state index in [2.05, 4.69) is 42.6 Å². The number of nitrogens with zero attached hydrogens (tertiary/aromatic N) is 4. The Morgan fingerprint density at radius 1 is 1.07 bits per heavy atom. The molecule has 0 aliphatic carbocycles. The number of anilines is 3. The van der Waals surface area contributed by atoms with Gasteiger partial charge in [0, 0.05) is 48.8 Å². The minimum Gasteiger partial charge on any atom is -0.385 e. The molecule has 8 heteroatoms. The number of rotatable bonds is 8. The summed E-state index contributed by atoms with van der Waals surface area (Å²) >= 11 is 1.57. The molecule has 0 amide bonds. The van der Waals surface area contributed by atoms with E-state index >= 15 is 0 Å². The van der Waals surface area contributed by atoms with Crippen molar-refractivity contribution in [3.63, 3.8) is 0 Å². The predicted octanol–water partition coefficient (Wildman–Crippen LogP) is 3.48. The molecule has 4 rings (SSSR count). The summed E-state index contributed by atoms with van der Waals surface area (Å²) in [5, 5.41) is 9.61. The number of ether oxygens (including phenoxy) is 1. The Hall–Kier alpha value is -2.55. The Bertz CT molecular complexity index is 867. The van der Waals surface area contributed by atoms with Crippen LogP contribution in [-0.4, -0.2) is 59.2 Å². The summed E-state index contributed by atoms with van der Waals surface area (Å²) in [7, 11) is 0. The van der Waals surface area contributed by atoms with Crippen molar-refractivity contribution in [2.75, 3.05) is 50.0 Å². The number of benzene rings is 1. The molecule has 0 unspecified atom stereocenters. The molecule has 2 aromatic heterocycles. The number of thiazole rings is 1. The highest BCUT2D eigenvalue weighted by Gasteiger charge is 2.09. The molecule has 0 atom stereocenters. The van der Waals surface area contributed by atoms with Gasteiger partial charge in [-0.25, -0.2) is 15.0 Å². The molecule has 1 aliphatic heterocycles. The molecule has 0 radical (unpaired) electrons. The van der Waals surface area contributed by atoms with Crippen LogP contribution in [-0.2, 0) is 4.74 Å². The van der Waals surface area contributed by atoms with Crippen molar-refractivity contribution in [3.8, 4) is 10.7 Å². The molecular formula is C20H24N6OS. The van der Waals surface area contributed by atoms with E-state index in [1.807, 2.05) is 23.6 Å². The Morgan fingerprint density at radius 3 is 2.82 bits per heavy atom. The average molecular weight is 397 g/mol. The molecule has 7 nitrogen and oxygen atoms in total. The van der Waals surface area contributed by atoms with Gasteiger partial charge in [-0.05, 0) is 37.2 Å². The van der Waals surface area contributed by atoms with Crippen LogP contribution >= 0.6 is 11.3 Å². The molecule has 1 aliphatic rings. The highest BCUT2D eigenvalue weighted by Crippen LogP contribution is 2.22. The molecule has 2 N–H and O–H groups in total. The summed E-state index contributed by atoms with van der Waals surface area (Å²) in [4.78, 5) is 15.6. The third-order valence-corrected chi connectivity index (χ3v) is 5.31. The average Bonchev–Trinajstić information content (AvgIpc) is 3.28. The Balaban J connectivity index is 1.30. The van der Waals surface area contributed by atoms with Gasteiger partial charge in [-0.1, -0.05) is 6.07 Å². The van der Waals surface area contributed by atoms with Gasteiger partial charge in [0.25, 0.3) is 0 Å². The number of aromatic nitrogens is 3. The first-order valence-electron chi connectivity index (χ1n) is 9.51. The van der Waals surface area contributed by atoms with Crippen molar-refractivity contribution < 1.29 is 4.74 Å². The van der Waals surface area contributed by atoms with E-state index < -0.39 is 0 Å². The van der Waals surface area contributed by atoms with Gasteiger partial charge in [-0.3, -0.25) is 4.90 Å². The molecule has 0 saturated carbocycles. The third-order valence-electron chi connectivity index (χ3n) is 4.51. The van der Waals surface area contributed by atoms with Gasteiger partial charge in [0.15, 0.2) is 0 Å². The van der Waals surface area contributed by atoms with E-state index in [-0.39, 0.29) is 0 Å². The predicted molar refractivity (Wildman–Crippen MR) is 113 cm³/mol. The van der Waals surface area contributed by atoms with Crippen molar-refractivity contribution >= 4 is 28.7 Å². The van der Waals surface area contributed by atoms with E-state index in [1.54, 1.807) is 23.7 Å². The second kappa shape index (κ2) is 9.59. The van der Waals surface area contributed by atoms with Gasteiger partial charge in [0.05, 0.1) is 13.2 Å². The van der Waals surface area contributed by atoms with Crippen molar-refractivity contribution in [1.29, 1.82) is 0 Å². The number of hydrogen-bond acceptors (Lipinski definition) is 8. The van der Waals surface area contributed by atoms with Crippen LogP contribution in [0.3, 0.4) is 0 Å². The van der Waals surface area contributed by atoms with Crippen LogP contribution in [0.15, 0.2) is 48.1 Å². The zero-order chi connectivity index (χ0) is 19.0. The van der Waals surface area contributed by atoms with Gasteiger partial charge in [0.1, 0.15) is 10.7 Å². The fourth-order valence-corrected chi connectivity index (χ4v) is 3.69.